The lowest BCUT2D eigenvalue weighted by Crippen LogP contribution is -2.45. The van der Waals surface area contributed by atoms with Gasteiger partial charge in [-0.1, -0.05) is 174 Å². The minimum atomic E-state index is -0.649. The molecule has 0 saturated carbocycles. The summed E-state index contributed by atoms with van der Waals surface area (Å²) in [4.78, 5) is 12.3. The van der Waals surface area contributed by atoms with Crippen LogP contribution in [0.4, 0.5) is 0 Å². The van der Waals surface area contributed by atoms with E-state index in [2.05, 4.69) is 19.2 Å². The number of aliphatic hydroxyl groups is 2. The van der Waals surface area contributed by atoms with E-state index in [9.17, 15) is 15.0 Å². The Morgan fingerprint density at radius 2 is 0.842 bits per heavy atom. The average molecular weight is 540 g/mol. The molecule has 0 aromatic heterocycles. The molecule has 0 saturated heterocycles. The van der Waals surface area contributed by atoms with Crippen molar-refractivity contribution in [3.63, 3.8) is 0 Å². The number of aliphatic hydroxyl groups excluding tert-OH is 2. The topological polar surface area (TPSA) is 69.6 Å². The van der Waals surface area contributed by atoms with Crippen molar-refractivity contribution in [3.8, 4) is 0 Å². The van der Waals surface area contributed by atoms with Crippen molar-refractivity contribution < 1.29 is 15.0 Å². The third kappa shape index (κ3) is 27.0. The molecular weight excluding hydrogens is 470 g/mol. The highest BCUT2D eigenvalue weighted by Gasteiger charge is 2.19. The summed E-state index contributed by atoms with van der Waals surface area (Å²) in [5, 5.41) is 22.9. The van der Waals surface area contributed by atoms with Gasteiger partial charge in [-0.05, 0) is 12.8 Å². The summed E-state index contributed by atoms with van der Waals surface area (Å²) in [5.74, 6) is -0.0310. The Hall–Kier alpha value is -0.610. The van der Waals surface area contributed by atoms with Crippen molar-refractivity contribution >= 4 is 5.91 Å². The molecule has 0 aromatic rings. The zero-order valence-electron chi connectivity index (χ0n) is 26.0. The molecule has 0 radical (unpaired) electrons. The predicted molar refractivity (Wildman–Crippen MR) is 166 cm³/mol. The summed E-state index contributed by atoms with van der Waals surface area (Å²) in [5.41, 5.74) is 0. The minimum Gasteiger partial charge on any atom is -0.394 e. The van der Waals surface area contributed by atoms with Gasteiger partial charge in [0.2, 0.25) is 5.91 Å². The van der Waals surface area contributed by atoms with Gasteiger partial charge < -0.3 is 15.5 Å². The second-order valence-electron chi connectivity index (χ2n) is 11.9. The number of hydrogen-bond acceptors (Lipinski definition) is 3. The summed E-state index contributed by atoms with van der Waals surface area (Å²) in [6.07, 6.45) is 34.3. The van der Waals surface area contributed by atoms with Gasteiger partial charge in [-0.2, -0.15) is 0 Å². The van der Waals surface area contributed by atoms with Crippen LogP contribution in [0.1, 0.15) is 194 Å². The monoisotopic (exact) mass is 540 g/mol. The number of carbonyl (C=O) groups excluding carboxylic acids is 1. The van der Waals surface area contributed by atoms with Crippen LogP contribution in [0.5, 0.6) is 0 Å². The minimum absolute atomic E-state index is 0.0310. The average Bonchev–Trinajstić information content (AvgIpc) is 2.92. The van der Waals surface area contributed by atoms with Crippen LogP contribution in [0.15, 0.2) is 0 Å². The van der Waals surface area contributed by atoms with Crippen molar-refractivity contribution in [1.29, 1.82) is 0 Å². The third-order valence-corrected chi connectivity index (χ3v) is 8.12. The van der Waals surface area contributed by atoms with Gasteiger partial charge in [-0.15, -0.1) is 0 Å². The quantitative estimate of drug-likeness (QED) is 0.0768. The number of hydrogen-bond donors (Lipinski definition) is 3. The highest BCUT2D eigenvalue weighted by molar-refractivity contribution is 5.76. The molecule has 0 heterocycles. The van der Waals surface area contributed by atoms with Crippen molar-refractivity contribution in [2.75, 3.05) is 6.61 Å². The highest BCUT2D eigenvalue weighted by Crippen LogP contribution is 2.15. The molecule has 0 bridgehead atoms. The fourth-order valence-electron chi connectivity index (χ4n) is 5.42. The van der Waals surface area contributed by atoms with Crippen LogP contribution >= 0.6 is 0 Å². The molecule has 0 rings (SSSR count). The van der Waals surface area contributed by atoms with Gasteiger partial charge in [-0.3, -0.25) is 4.79 Å². The second-order valence-corrected chi connectivity index (χ2v) is 11.9. The van der Waals surface area contributed by atoms with Crippen molar-refractivity contribution in [1.82, 2.24) is 5.32 Å². The number of amides is 1. The molecule has 3 N–H and O–H groups in total. The van der Waals surface area contributed by atoms with E-state index in [4.69, 9.17) is 0 Å². The Kier molecular flexibility index (Phi) is 30.4. The summed E-state index contributed by atoms with van der Waals surface area (Å²) in [6, 6.07) is -0.526. The van der Waals surface area contributed by atoms with Gasteiger partial charge >= 0.3 is 0 Å². The molecule has 2 unspecified atom stereocenters. The molecule has 228 valence electrons. The Morgan fingerprint density at radius 3 is 1.18 bits per heavy atom. The maximum atomic E-state index is 12.3. The van der Waals surface area contributed by atoms with Crippen LogP contribution in [0.25, 0.3) is 0 Å². The van der Waals surface area contributed by atoms with Crippen molar-refractivity contribution in [2.45, 2.75) is 206 Å². The Bertz CT molecular complexity index is 471. The van der Waals surface area contributed by atoms with Crippen LogP contribution in [0.2, 0.25) is 0 Å². The van der Waals surface area contributed by atoms with Gasteiger partial charge in [0, 0.05) is 6.42 Å². The van der Waals surface area contributed by atoms with Crippen molar-refractivity contribution in [2.24, 2.45) is 0 Å². The van der Waals surface area contributed by atoms with E-state index in [0.29, 0.717) is 12.8 Å². The summed E-state index contributed by atoms with van der Waals surface area (Å²) in [6.45, 7) is 4.34. The van der Waals surface area contributed by atoms with E-state index < -0.39 is 12.1 Å². The maximum Gasteiger partial charge on any atom is 0.220 e. The Morgan fingerprint density at radius 1 is 0.526 bits per heavy atom. The summed E-state index contributed by atoms with van der Waals surface area (Å²) >= 11 is 0. The summed E-state index contributed by atoms with van der Waals surface area (Å²) in [7, 11) is 0. The molecule has 2 atom stereocenters. The molecule has 0 fully saturated rings. The lowest BCUT2D eigenvalue weighted by Gasteiger charge is -2.22. The molecule has 0 spiro atoms. The van der Waals surface area contributed by atoms with Gasteiger partial charge in [0.05, 0.1) is 18.8 Å². The molecule has 4 heteroatoms. The molecule has 0 aliphatic heterocycles. The maximum absolute atomic E-state index is 12.3. The van der Waals surface area contributed by atoms with Crippen molar-refractivity contribution in [3.05, 3.63) is 0 Å². The molecular formula is C34H69NO3. The van der Waals surface area contributed by atoms with E-state index in [1.165, 1.54) is 141 Å². The highest BCUT2D eigenvalue weighted by atomic mass is 16.3. The standard InChI is InChI=1S/C34H69NO3/c1-3-5-7-9-11-13-15-16-17-18-19-20-22-24-26-28-30-34(38)35-32(31-36)33(37)29-27-25-23-21-14-12-10-8-6-4-2/h32-33,36-37H,3-31H2,1-2H3,(H,35,38). The number of nitrogens with one attached hydrogen (secondary N) is 1. The fraction of sp³-hybridized carbons (Fsp3) is 0.971. The first-order valence-corrected chi connectivity index (χ1v) is 17.2. The van der Waals surface area contributed by atoms with Crippen LogP contribution in [0.3, 0.4) is 0 Å². The zero-order valence-corrected chi connectivity index (χ0v) is 26.0. The van der Waals surface area contributed by atoms with Crippen LogP contribution in [0, 0.1) is 0 Å². The number of unbranched alkanes of at least 4 members (excludes halogenated alkanes) is 24. The normalized spacial score (nSPS) is 13.1. The smallest absolute Gasteiger partial charge is 0.220 e. The zero-order chi connectivity index (χ0) is 27.9. The van der Waals surface area contributed by atoms with Gasteiger partial charge in [0.1, 0.15) is 0 Å². The predicted octanol–water partition coefficient (Wildman–Crippen LogP) is 9.79. The summed E-state index contributed by atoms with van der Waals surface area (Å²) < 4.78 is 0. The molecule has 4 nitrogen and oxygen atoms in total. The van der Waals surface area contributed by atoms with E-state index >= 15 is 0 Å². The van der Waals surface area contributed by atoms with Gasteiger partial charge in [0.25, 0.3) is 0 Å². The van der Waals surface area contributed by atoms with E-state index in [0.717, 1.165) is 25.7 Å². The van der Waals surface area contributed by atoms with E-state index in [1.54, 1.807) is 0 Å². The lowest BCUT2D eigenvalue weighted by atomic mass is 10.0. The molecule has 1 amide bonds. The first kappa shape index (κ1) is 37.4. The second kappa shape index (κ2) is 30.9. The SMILES string of the molecule is CCCCCCCCCCCCCCCCCCC(=O)NC(CO)C(O)CCCCCCCCCCCC. The lowest BCUT2D eigenvalue weighted by molar-refractivity contribution is -0.123. The molecule has 38 heavy (non-hydrogen) atoms. The fourth-order valence-corrected chi connectivity index (χ4v) is 5.42. The Labute approximate surface area is 238 Å². The van der Waals surface area contributed by atoms with E-state index in [-0.39, 0.29) is 12.5 Å². The van der Waals surface area contributed by atoms with Crippen LogP contribution in [-0.4, -0.2) is 34.9 Å². The Balaban J connectivity index is 3.52. The first-order chi connectivity index (χ1) is 18.7. The third-order valence-electron chi connectivity index (χ3n) is 8.12. The molecule has 0 aliphatic rings. The molecule has 0 aromatic carbocycles. The largest absolute Gasteiger partial charge is 0.394 e. The van der Waals surface area contributed by atoms with Gasteiger partial charge in [-0.25, -0.2) is 0 Å². The van der Waals surface area contributed by atoms with Crippen LogP contribution in [-0.2, 0) is 4.79 Å². The van der Waals surface area contributed by atoms with E-state index in [1.807, 2.05) is 0 Å². The number of rotatable bonds is 31. The first-order valence-electron chi connectivity index (χ1n) is 17.2. The van der Waals surface area contributed by atoms with Gasteiger partial charge in [0.15, 0.2) is 0 Å². The molecule has 0 aliphatic carbocycles. The van der Waals surface area contributed by atoms with Crippen LogP contribution < -0.4 is 5.32 Å². The number of carbonyl (C=O) groups is 1.